The topological polar surface area (TPSA) is 64.0 Å². The smallest absolute Gasteiger partial charge is 0.262 e. The van der Waals surface area contributed by atoms with Crippen LogP contribution in [0.4, 0.5) is 0 Å². The Labute approximate surface area is 157 Å². The van der Waals surface area contributed by atoms with Crippen molar-refractivity contribution < 1.29 is 4.79 Å². The molecule has 1 amide bonds. The number of hydrogen-bond donors (Lipinski definition) is 1. The zero-order chi connectivity index (χ0) is 18.3. The maximum Gasteiger partial charge on any atom is 0.262 e. The molecule has 0 aromatic carbocycles. The van der Waals surface area contributed by atoms with Gasteiger partial charge >= 0.3 is 0 Å². The number of nitrogens with one attached hydrogen (secondary N) is 1. The molecule has 1 saturated carbocycles. The molecule has 1 fully saturated rings. The molecule has 0 aliphatic heterocycles. The second kappa shape index (κ2) is 7.14. The summed E-state index contributed by atoms with van der Waals surface area (Å²) in [6.45, 7) is 4.53. The van der Waals surface area contributed by atoms with Gasteiger partial charge in [0.05, 0.1) is 11.7 Å². The molecule has 0 spiro atoms. The van der Waals surface area contributed by atoms with Crippen molar-refractivity contribution in [1.82, 2.24) is 14.9 Å². The van der Waals surface area contributed by atoms with E-state index in [2.05, 4.69) is 24.1 Å². The van der Waals surface area contributed by atoms with Gasteiger partial charge in [-0.3, -0.25) is 14.2 Å². The van der Waals surface area contributed by atoms with Gasteiger partial charge in [-0.15, -0.1) is 11.3 Å². The van der Waals surface area contributed by atoms with Crippen molar-refractivity contribution in [3.8, 4) is 0 Å². The highest BCUT2D eigenvalue weighted by molar-refractivity contribution is 7.18. The van der Waals surface area contributed by atoms with E-state index in [1.165, 1.54) is 27.8 Å². The van der Waals surface area contributed by atoms with Gasteiger partial charge in [0, 0.05) is 10.9 Å². The van der Waals surface area contributed by atoms with E-state index in [0.717, 1.165) is 42.3 Å². The van der Waals surface area contributed by atoms with Crippen molar-refractivity contribution in [3.63, 3.8) is 0 Å². The summed E-state index contributed by atoms with van der Waals surface area (Å²) in [6.07, 6.45) is 9.29. The van der Waals surface area contributed by atoms with Crippen molar-refractivity contribution in [1.29, 1.82) is 0 Å². The minimum absolute atomic E-state index is 0.0595. The maximum atomic E-state index is 13.0. The Morgan fingerprint density at radius 1 is 1.27 bits per heavy atom. The lowest BCUT2D eigenvalue weighted by atomic mass is 9.78. The predicted molar refractivity (Wildman–Crippen MR) is 105 cm³/mol. The third-order valence-electron chi connectivity index (χ3n) is 6.31. The Bertz CT molecular complexity index is 885. The second-order valence-electron chi connectivity index (χ2n) is 8.01. The SMILES string of the molecule is C[C@H]1[C@@H](NC(=O)Cn2cnc3sc4c(c3c2=O)CCCC4)CCC[C@@H]1C. The van der Waals surface area contributed by atoms with Crippen molar-refractivity contribution >= 4 is 27.5 Å². The summed E-state index contributed by atoms with van der Waals surface area (Å²) in [6, 6.07) is 0.215. The predicted octanol–water partition coefficient (Wildman–Crippen LogP) is 3.28. The molecule has 6 heteroatoms. The fraction of sp³-hybridized carbons (Fsp3) is 0.650. The van der Waals surface area contributed by atoms with Crippen LogP contribution in [0.1, 0.15) is 56.4 Å². The van der Waals surface area contributed by atoms with Gasteiger partial charge in [-0.05, 0) is 49.5 Å². The highest BCUT2D eigenvalue weighted by atomic mass is 32.1. The van der Waals surface area contributed by atoms with Crippen molar-refractivity contribution in [2.24, 2.45) is 11.8 Å². The van der Waals surface area contributed by atoms with Crippen LogP contribution in [-0.2, 0) is 24.2 Å². The van der Waals surface area contributed by atoms with Crippen LogP contribution in [-0.4, -0.2) is 21.5 Å². The Balaban J connectivity index is 1.54. The molecule has 0 unspecified atom stereocenters. The van der Waals surface area contributed by atoms with Gasteiger partial charge in [0.2, 0.25) is 5.91 Å². The van der Waals surface area contributed by atoms with Gasteiger partial charge in [0.25, 0.3) is 5.56 Å². The second-order valence-corrected chi connectivity index (χ2v) is 9.09. The number of carbonyl (C=O) groups excluding carboxylic acids is 1. The molecule has 2 heterocycles. The number of fused-ring (bicyclic) bond motifs is 3. The van der Waals surface area contributed by atoms with Crippen molar-refractivity contribution in [3.05, 3.63) is 27.1 Å². The van der Waals surface area contributed by atoms with E-state index in [-0.39, 0.29) is 24.1 Å². The van der Waals surface area contributed by atoms with Gasteiger partial charge in [-0.25, -0.2) is 4.98 Å². The molecule has 140 valence electrons. The third-order valence-corrected chi connectivity index (χ3v) is 7.51. The van der Waals surface area contributed by atoms with Crippen LogP contribution >= 0.6 is 11.3 Å². The lowest BCUT2D eigenvalue weighted by molar-refractivity contribution is -0.123. The van der Waals surface area contributed by atoms with E-state index < -0.39 is 0 Å². The standard InChI is InChI=1S/C20H27N3O2S/c1-12-6-5-8-15(13(12)2)22-17(24)10-23-11-21-19-18(20(23)25)14-7-3-4-9-16(14)26-19/h11-13,15H,3-10H2,1-2H3,(H,22,24)/t12-,13+,15-/m0/s1. The van der Waals surface area contributed by atoms with Gasteiger partial charge in [-0.2, -0.15) is 0 Å². The van der Waals surface area contributed by atoms with Crippen LogP contribution in [0.25, 0.3) is 10.2 Å². The van der Waals surface area contributed by atoms with Crippen LogP contribution < -0.4 is 10.9 Å². The maximum absolute atomic E-state index is 13.0. The molecule has 4 rings (SSSR count). The molecule has 1 N–H and O–H groups in total. The molecule has 0 radical (unpaired) electrons. The van der Waals surface area contributed by atoms with Crippen LogP contribution in [0.3, 0.4) is 0 Å². The molecule has 3 atom stereocenters. The first-order chi connectivity index (χ1) is 12.5. The molecule has 0 saturated heterocycles. The Morgan fingerprint density at radius 2 is 2.08 bits per heavy atom. The zero-order valence-corrected chi connectivity index (χ0v) is 16.4. The van der Waals surface area contributed by atoms with Crippen LogP contribution in [0, 0.1) is 11.8 Å². The fourth-order valence-corrected chi connectivity index (χ4v) is 5.71. The number of rotatable bonds is 3. The first-order valence-corrected chi connectivity index (χ1v) is 10.7. The number of amides is 1. The minimum Gasteiger partial charge on any atom is -0.352 e. The number of aryl methyl sites for hydroxylation is 2. The van der Waals surface area contributed by atoms with Crippen molar-refractivity contribution in [2.75, 3.05) is 0 Å². The monoisotopic (exact) mass is 373 g/mol. The summed E-state index contributed by atoms with van der Waals surface area (Å²) >= 11 is 1.65. The molecule has 26 heavy (non-hydrogen) atoms. The van der Waals surface area contributed by atoms with Crippen LogP contribution in [0.2, 0.25) is 0 Å². The molecule has 2 aromatic rings. The van der Waals surface area contributed by atoms with Crippen LogP contribution in [0.15, 0.2) is 11.1 Å². The number of nitrogens with zero attached hydrogens (tertiary/aromatic N) is 2. The van der Waals surface area contributed by atoms with Gasteiger partial charge in [0.15, 0.2) is 0 Å². The normalized spacial score (nSPS) is 25.8. The third kappa shape index (κ3) is 3.20. The Kier molecular flexibility index (Phi) is 4.86. The number of thiophene rings is 1. The zero-order valence-electron chi connectivity index (χ0n) is 15.6. The Hall–Kier alpha value is -1.69. The average molecular weight is 374 g/mol. The van der Waals surface area contributed by atoms with Gasteiger partial charge < -0.3 is 5.32 Å². The molecule has 2 aliphatic rings. The van der Waals surface area contributed by atoms with E-state index in [9.17, 15) is 9.59 Å². The lowest BCUT2D eigenvalue weighted by Crippen LogP contribution is -2.45. The summed E-state index contributed by atoms with van der Waals surface area (Å²) in [4.78, 5) is 32.1. The molecular formula is C20H27N3O2S. The summed E-state index contributed by atoms with van der Waals surface area (Å²) < 4.78 is 1.48. The number of carbonyl (C=O) groups is 1. The first kappa shape index (κ1) is 17.7. The van der Waals surface area contributed by atoms with E-state index in [0.29, 0.717) is 11.8 Å². The van der Waals surface area contributed by atoms with Crippen LogP contribution in [0.5, 0.6) is 0 Å². The Morgan fingerprint density at radius 3 is 2.92 bits per heavy atom. The summed E-state index contributed by atoms with van der Waals surface area (Å²) in [5, 5.41) is 3.90. The largest absolute Gasteiger partial charge is 0.352 e. The molecular weight excluding hydrogens is 346 g/mol. The molecule has 2 aliphatic carbocycles. The van der Waals surface area contributed by atoms with E-state index in [1.54, 1.807) is 17.7 Å². The molecule has 5 nitrogen and oxygen atoms in total. The lowest BCUT2D eigenvalue weighted by Gasteiger charge is -2.34. The molecule has 0 bridgehead atoms. The summed E-state index contributed by atoms with van der Waals surface area (Å²) in [5.41, 5.74) is 1.12. The highest BCUT2D eigenvalue weighted by Gasteiger charge is 2.28. The fourth-order valence-electron chi connectivity index (χ4n) is 4.49. The summed E-state index contributed by atoms with van der Waals surface area (Å²) in [7, 11) is 0. The van der Waals surface area contributed by atoms with E-state index >= 15 is 0 Å². The number of hydrogen-bond acceptors (Lipinski definition) is 4. The van der Waals surface area contributed by atoms with E-state index in [1.807, 2.05) is 0 Å². The van der Waals surface area contributed by atoms with Gasteiger partial charge in [-0.1, -0.05) is 26.7 Å². The molecule has 2 aromatic heterocycles. The van der Waals surface area contributed by atoms with Crippen molar-refractivity contribution in [2.45, 2.75) is 71.4 Å². The number of aromatic nitrogens is 2. The highest BCUT2D eigenvalue weighted by Crippen LogP contribution is 2.33. The summed E-state index contributed by atoms with van der Waals surface area (Å²) in [5.74, 6) is 1.03. The average Bonchev–Trinajstić information content (AvgIpc) is 3.01. The minimum atomic E-state index is -0.0803. The van der Waals surface area contributed by atoms with Gasteiger partial charge in [0.1, 0.15) is 11.4 Å². The first-order valence-electron chi connectivity index (χ1n) is 9.83. The van der Waals surface area contributed by atoms with E-state index in [4.69, 9.17) is 0 Å². The quantitative estimate of drug-likeness (QED) is 0.898.